The van der Waals surface area contributed by atoms with Crippen molar-refractivity contribution in [3.8, 4) is 0 Å². The van der Waals surface area contributed by atoms with Crippen LogP contribution in [0.1, 0.15) is 0 Å². The highest BCUT2D eigenvalue weighted by Crippen LogP contribution is 1.64. The second-order valence-electron chi connectivity index (χ2n) is 0.890. The SMILES string of the molecule is CNC(=O)NCCl. The Balaban J connectivity index is 3.00. The number of carbonyl (C=O) groups is 1. The van der Waals surface area contributed by atoms with E-state index in [4.69, 9.17) is 11.6 Å². The number of amides is 2. The summed E-state index contributed by atoms with van der Waals surface area (Å²) in [6.07, 6.45) is 0. The predicted octanol–water partition coefficient (Wildman–Crippen LogP) is 0.112. The third-order valence-corrected chi connectivity index (χ3v) is 0.588. The normalized spacial score (nSPS) is 7.71. The van der Waals surface area contributed by atoms with Gasteiger partial charge in [0.05, 0.1) is 6.00 Å². The summed E-state index contributed by atoms with van der Waals surface area (Å²) in [6, 6.07) is -0.102. The summed E-state index contributed by atoms with van der Waals surface area (Å²) in [4.78, 5) is 10.1. The number of hydrogen-bond donors (Lipinski definition) is 2. The molecule has 0 unspecified atom stereocenters. The third-order valence-electron chi connectivity index (χ3n) is 0.454. The Morgan fingerprint density at radius 3 is 2.57 bits per heavy atom. The first-order valence-electron chi connectivity index (χ1n) is 1.82. The van der Waals surface area contributed by atoms with Crippen molar-refractivity contribution < 1.29 is 4.79 Å². The maximum atomic E-state index is 10.1. The molecule has 0 saturated heterocycles. The summed E-state index contributed by atoms with van der Waals surface area (Å²) < 4.78 is 0. The van der Waals surface area contributed by atoms with E-state index in [2.05, 4.69) is 10.6 Å². The van der Waals surface area contributed by atoms with Gasteiger partial charge in [-0.25, -0.2) is 4.79 Å². The molecule has 2 N–H and O–H groups in total. The summed E-state index contributed by atoms with van der Waals surface area (Å²) in [7, 11) is 1.53. The number of nitrogens with one attached hydrogen (secondary N) is 2. The number of halogens is 1. The lowest BCUT2D eigenvalue weighted by Gasteiger charge is -1.94. The van der Waals surface area contributed by atoms with Crippen LogP contribution < -0.4 is 10.6 Å². The van der Waals surface area contributed by atoms with Crippen molar-refractivity contribution in [2.45, 2.75) is 0 Å². The van der Waals surface area contributed by atoms with Crippen molar-refractivity contribution in [2.75, 3.05) is 13.1 Å². The van der Waals surface area contributed by atoms with Gasteiger partial charge in [-0.05, 0) is 0 Å². The molecule has 0 saturated carbocycles. The van der Waals surface area contributed by atoms with E-state index >= 15 is 0 Å². The van der Waals surface area contributed by atoms with Crippen LogP contribution in [0.3, 0.4) is 0 Å². The standard InChI is InChI=1S/C3H7ClN2O/c1-5-3(7)6-2-4/h2H2,1H3,(H2,5,6,7). The van der Waals surface area contributed by atoms with Crippen LogP contribution in [-0.4, -0.2) is 19.1 Å². The number of rotatable bonds is 1. The summed E-state index contributed by atoms with van der Waals surface area (Å²) >= 11 is 5.10. The number of urea groups is 1. The van der Waals surface area contributed by atoms with E-state index in [0.29, 0.717) is 0 Å². The second kappa shape index (κ2) is 3.74. The third kappa shape index (κ3) is 3.39. The number of alkyl halides is 1. The van der Waals surface area contributed by atoms with E-state index in [1.807, 2.05) is 0 Å². The zero-order valence-corrected chi connectivity index (χ0v) is 4.75. The molecule has 4 heteroatoms. The molecule has 0 aliphatic heterocycles. The molecular formula is C3H7ClN2O. The van der Waals surface area contributed by atoms with E-state index in [0.717, 1.165) is 0 Å². The summed E-state index contributed by atoms with van der Waals surface area (Å²) in [5.41, 5.74) is 0. The van der Waals surface area contributed by atoms with Gasteiger partial charge in [0, 0.05) is 7.05 Å². The van der Waals surface area contributed by atoms with Crippen LogP contribution in [0.2, 0.25) is 0 Å². The summed E-state index contributed by atoms with van der Waals surface area (Å²) in [5.74, 6) is 0. The van der Waals surface area contributed by atoms with Gasteiger partial charge in [0.2, 0.25) is 0 Å². The van der Waals surface area contributed by atoms with E-state index in [-0.39, 0.29) is 12.0 Å². The molecule has 0 aromatic carbocycles. The molecule has 0 aliphatic rings. The maximum Gasteiger partial charge on any atom is 0.315 e. The van der Waals surface area contributed by atoms with Crippen molar-refractivity contribution >= 4 is 17.6 Å². The van der Waals surface area contributed by atoms with E-state index in [9.17, 15) is 4.79 Å². The minimum atomic E-state index is -0.255. The Hall–Kier alpha value is -0.440. The smallest absolute Gasteiger partial charge is 0.315 e. The molecule has 0 atom stereocenters. The Bertz CT molecular complexity index is 66.0. The fourth-order valence-electron chi connectivity index (χ4n) is 0.149. The Morgan fingerprint density at radius 1 is 1.86 bits per heavy atom. The number of carbonyl (C=O) groups excluding carboxylic acids is 1. The molecule has 2 amide bonds. The molecule has 0 fully saturated rings. The lowest BCUT2D eigenvalue weighted by atomic mass is 11.0. The molecular weight excluding hydrogens is 115 g/mol. The van der Waals surface area contributed by atoms with Gasteiger partial charge < -0.3 is 10.6 Å². The molecule has 0 rings (SSSR count). The van der Waals surface area contributed by atoms with Crippen molar-refractivity contribution in [1.82, 2.24) is 10.6 Å². The first-order valence-corrected chi connectivity index (χ1v) is 2.36. The van der Waals surface area contributed by atoms with Crippen molar-refractivity contribution in [3.63, 3.8) is 0 Å². The van der Waals surface area contributed by atoms with Crippen molar-refractivity contribution in [3.05, 3.63) is 0 Å². The quantitative estimate of drug-likeness (QED) is 0.376. The highest BCUT2D eigenvalue weighted by molar-refractivity contribution is 6.18. The molecule has 7 heavy (non-hydrogen) atoms. The van der Waals surface area contributed by atoms with Gasteiger partial charge in [-0.1, -0.05) is 0 Å². The molecule has 0 spiro atoms. The second-order valence-corrected chi connectivity index (χ2v) is 1.16. The van der Waals surface area contributed by atoms with Crippen LogP contribution in [0.4, 0.5) is 4.79 Å². The molecule has 0 aromatic rings. The van der Waals surface area contributed by atoms with Gasteiger partial charge in [0.15, 0.2) is 0 Å². The van der Waals surface area contributed by atoms with Crippen LogP contribution in [0.25, 0.3) is 0 Å². The van der Waals surface area contributed by atoms with Crippen molar-refractivity contribution in [2.24, 2.45) is 0 Å². The van der Waals surface area contributed by atoms with Crippen LogP contribution in [0.5, 0.6) is 0 Å². The lowest BCUT2D eigenvalue weighted by molar-refractivity contribution is 0.244. The molecule has 0 aromatic heterocycles. The van der Waals surface area contributed by atoms with E-state index < -0.39 is 0 Å². The monoisotopic (exact) mass is 122 g/mol. The highest BCUT2D eigenvalue weighted by atomic mass is 35.5. The summed E-state index contributed by atoms with van der Waals surface area (Å²) in [6.45, 7) is 0. The summed E-state index contributed by atoms with van der Waals surface area (Å²) in [5, 5.41) is 4.64. The Labute approximate surface area is 47.0 Å². The van der Waals surface area contributed by atoms with Gasteiger partial charge in [-0.2, -0.15) is 0 Å². The topological polar surface area (TPSA) is 41.1 Å². The molecule has 3 nitrogen and oxygen atoms in total. The van der Waals surface area contributed by atoms with Crippen LogP contribution in [0.15, 0.2) is 0 Å². The molecule has 0 aliphatic carbocycles. The maximum absolute atomic E-state index is 10.1. The first-order chi connectivity index (χ1) is 3.31. The average molecular weight is 123 g/mol. The fourth-order valence-corrected chi connectivity index (χ4v) is 0.270. The van der Waals surface area contributed by atoms with Crippen LogP contribution in [-0.2, 0) is 0 Å². The molecule has 0 bridgehead atoms. The van der Waals surface area contributed by atoms with Gasteiger partial charge in [0.25, 0.3) is 0 Å². The average Bonchev–Trinajstić information content (AvgIpc) is 1.68. The zero-order chi connectivity index (χ0) is 5.70. The zero-order valence-electron chi connectivity index (χ0n) is 3.99. The predicted molar refractivity (Wildman–Crippen MR) is 28.3 cm³/mol. The van der Waals surface area contributed by atoms with Crippen LogP contribution in [0, 0.1) is 0 Å². The minimum absolute atomic E-state index is 0.152. The first kappa shape index (κ1) is 6.56. The lowest BCUT2D eigenvalue weighted by Crippen LogP contribution is -2.31. The highest BCUT2D eigenvalue weighted by Gasteiger charge is 1.87. The molecule has 42 valence electrons. The largest absolute Gasteiger partial charge is 0.341 e. The number of hydrogen-bond acceptors (Lipinski definition) is 1. The van der Waals surface area contributed by atoms with Gasteiger partial charge in [-0.15, -0.1) is 11.6 Å². The molecule has 0 radical (unpaired) electrons. The molecule has 0 heterocycles. The van der Waals surface area contributed by atoms with Gasteiger partial charge >= 0.3 is 6.03 Å². The van der Waals surface area contributed by atoms with Gasteiger partial charge in [0.1, 0.15) is 0 Å². The van der Waals surface area contributed by atoms with Crippen molar-refractivity contribution in [1.29, 1.82) is 0 Å². The minimum Gasteiger partial charge on any atom is -0.341 e. The Kier molecular flexibility index (Phi) is 3.50. The fraction of sp³-hybridized carbons (Fsp3) is 0.667. The van der Waals surface area contributed by atoms with Gasteiger partial charge in [-0.3, -0.25) is 0 Å². The Morgan fingerprint density at radius 2 is 2.43 bits per heavy atom. The van der Waals surface area contributed by atoms with Crippen LogP contribution >= 0.6 is 11.6 Å². The van der Waals surface area contributed by atoms with E-state index in [1.165, 1.54) is 7.05 Å². The van der Waals surface area contributed by atoms with E-state index in [1.54, 1.807) is 0 Å².